The lowest BCUT2D eigenvalue weighted by molar-refractivity contribution is 0.581. The van der Waals surface area contributed by atoms with Crippen molar-refractivity contribution in [1.29, 1.82) is 0 Å². The fourth-order valence-corrected chi connectivity index (χ4v) is 2.16. The summed E-state index contributed by atoms with van der Waals surface area (Å²) in [7, 11) is 0. The van der Waals surface area contributed by atoms with Gasteiger partial charge in [0.05, 0.1) is 6.26 Å². The highest BCUT2D eigenvalue weighted by atomic mass is 79.9. The van der Waals surface area contributed by atoms with Gasteiger partial charge in [-0.15, -0.1) is 0 Å². The first-order chi connectivity index (χ1) is 6.70. The fraction of sp³-hybridized carbons (Fsp3) is 0.0909. The number of hydrogen-bond donors (Lipinski definition) is 0. The second-order valence-corrected chi connectivity index (χ2v) is 4.27. The van der Waals surface area contributed by atoms with Crippen molar-refractivity contribution < 1.29 is 4.42 Å². The Morgan fingerprint density at radius 1 is 1.29 bits per heavy atom. The van der Waals surface area contributed by atoms with Gasteiger partial charge in [-0.25, -0.2) is 0 Å². The van der Waals surface area contributed by atoms with E-state index in [1.54, 1.807) is 6.26 Å². The van der Waals surface area contributed by atoms with E-state index in [4.69, 9.17) is 16.0 Å². The van der Waals surface area contributed by atoms with Crippen molar-refractivity contribution in [3.05, 3.63) is 45.6 Å². The van der Waals surface area contributed by atoms with E-state index in [1.165, 1.54) is 0 Å². The lowest BCUT2D eigenvalue weighted by atomic mass is 10.1. The van der Waals surface area contributed by atoms with E-state index in [2.05, 4.69) is 15.9 Å². The van der Waals surface area contributed by atoms with E-state index >= 15 is 0 Å². The van der Waals surface area contributed by atoms with Crippen LogP contribution in [0.4, 0.5) is 0 Å². The third-order valence-corrected chi connectivity index (χ3v) is 3.19. The maximum absolute atomic E-state index is 6.04. The molecule has 2 rings (SSSR count). The molecule has 0 saturated heterocycles. The monoisotopic (exact) mass is 270 g/mol. The number of benzene rings is 1. The molecule has 0 radical (unpaired) electrons. The van der Waals surface area contributed by atoms with Gasteiger partial charge in [-0.2, -0.15) is 0 Å². The third kappa shape index (κ3) is 1.60. The molecular formula is C11H8BrClO. The molecule has 1 aromatic heterocycles. The largest absolute Gasteiger partial charge is 0.464 e. The average Bonchev–Trinajstić information content (AvgIpc) is 2.65. The van der Waals surface area contributed by atoms with Crippen LogP contribution in [0, 0.1) is 6.92 Å². The molecule has 1 nitrogen and oxygen atoms in total. The minimum absolute atomic E-state index is 0.750. The SMILES string of the molecule is Cc1c(Cl)ccc(Br)c1-c1ccco1. The number of halogens is 2. The van der Waals surface area contributed by atoms with Crippen LogP contribution < -0.4 is 0 Å². The molecule has 0 spiro atoms. The molecule has 0 amide bonds. The van der Waals surface area contributed by atoms with Crippen molar-refractivity contribution in [2.75, 3.05) is 0 Å². The molecule has 1 heterocycles. The highest BCUT2D eigenvalue weighted by Crippen LogP contribution is 2.35. The van der Waals surface area contributed by atoms with Crippen LogP contribution in [0.5, 0.6) is 0 Å². The third-order valence-electron chi connectivity index (χ3n) is 2.12. The van der Waals surface area contributed by atoms with Gasteiger partial charge in [0.2, 0.25) is 0 Å². The molecule has 1 aromatic carbocycles. The van der Waals surface area contributed by atoms with Gasteiger partial charge in [-0.05, 0) is 36.8 Å². The second kappa shape index (κ2) is 3.79. The Kier molecular flexibility index (Phi) is 2.66. The number of hydrogen-bond acceptors (Lipinski definition) is 1. The topological polar surface area (TPSA) is 13.1 Å². The summed E-state index contributed by atoms with van der Waals surface area (Å²) in [6, 6.07) is 7.58. The van der Waals surface area contributed by atoms with Crippen LogP contribution in [-0.2, 0) is 0 Å². The molecular weight excluding hydrogens is 263 g/mol. The first-order valence-corrected chi connectivity index (χ1v) is 5.35. The lowest BCUT2D eigenvalue weighted by Gasteiger charge is -2.07. The highest BCUT2D eigenvalue weighted by molar-refractivity contribution is 9.10. The van der Waals surface area contributed by atoms with Crippen LogP contribution in [0.15, 0.2) is 39.4 Å². The van der Waals surface area contributed by atoms with Crippen LogP contribution in [-0.4, -0.2) is 0 Å². The van der Waals surface area contributed by atoms with Crippen LogP contribution >= 0.6 is 27.5 Å². The first kappa shape index (κ1) is 9.81. The predicted octanol–water partition coefficient (Wildman–Crippen LogP) is 4.67. The van der Waals surface area contributed by atoms with Crippen molar-refractivity contribution in [3.8, 4) is 11.3 Å². The van der Waals surface area contributed by atoms with Crippen LogP contribution in [0.2, 0.25) is 5.02 Å². The summed E-state index contributed by atoms with van der Waals surface area (Å²) in [6.45, 7) is 1.98. The fourth-order valence-electron chi connectivity index (χ4n) is 1.38. The van der Waals surface area contributed by atoms with Gasteiger partial charge in [-0.1, -0.05) is 27.5 Å². The van der Waals surface area contributed by atoms with E-state index in [1.807, 2.05) is 31.2 Å². The van der Waals surface area contributed by atoms with Crippen LogP contribution in [0.3, 0.4) is 0 Å². The zero-order chi connectivity index (χ0) is 10.1. The second-order valence-electron chi connectivity index (χ2n) is 3.01. The van der Waals surface area contributed by atoms with Crippen LogP contribution in [0.1, 0.15) is 5.56 Å². The lowest BCUT2D eigenvalue weighted by Crippen LogP contribution is -1.84. The summed E-state index contributed by atoms with van der Waals surface area (Å²) in [5.74, 6) is 0.830. The van der Waals surface area contributed by atoms with Gasteiger partial charge >= 0.3 is 0 Å². The molecule has 14 heavy (non-hydrogen) atoms. The summed E-state index contributed by atoms with van der Waals surface area (Å²) in [6.07, 6.45) is 1.65. The van der Waals surface area contributed by atoms with E-state index in [9.17, 15) is 0 Å². The summed E-state index contributed by atoms with van der Waals surface area (Å²) >= 11 is 9.52. The van der Waals surface area contributed by atoms with Crippen molar-refractivity contribution in [3.63, 3.8) is 0 Å². The Balaban J connectivity index is 2.69. The zero-order valence-corrected chi connectivity index (χ0v) is 9.89. The van der Waals surface area contributed by atoms with E-state index < -0.39 is 0 Å². The molecule has 0 unspecified atom stereocenters. The van der Waals surface area contributed by atoms with Gasteiger partial charge < -0.3 is 4.42 Å². The van der Waals surface area contributed by atoms with Gasteiger partial charge in [0, 0.05) is 15.1 Å². The van der Waals surface area contributed by atoms with Gasteiger partial charge in [0.25, 0.3) is 0 Å². The summed E-state index contributed by atoms with van der Waals surface area (Å²) in [4.78, 5) is 0. The van der Waals surface area contributed by atoms with Crippen LogP contribution in [0.25, 0.3) is 11.3 Å². The van der Waals surface area contributed by atoms with Crippen molar-refractivity contribution >= 4 is 27.5 Å². The molecule has 0 atom stereocenters. The molecule has 0 aliphatic carbocycles. The van der Waals surface area contributed by atoms with Crippen molar-refractivity contribution in [1.82, 2.24) is 0 Å². The summed E-state index contributed by atoms with van der Waals surface area (Å²) in [5.41, 5.74) is 2.04. The number of furan rings is 1. The van der Waals surface area contributed by atoms with E-state index in [-0.39, 0.29) is 0 Å². The molecule has 3 heteroatoms. The molecule has 72 valence electrons. The molecule has 0 saturated carbocycles. The Morgan fingerprint density at radius 3 is 2.71 bits per heavy atom. The number of rotatable bonds is 1. The Labute approximate surface area is 95.8 Å². The first-order valence-electron chi connectivity index (χ1n) is 4.18. The minimum Gasteiger partial charge on any atom is -0.464 e. The zero-order valence-electron chi connectivity index (χ0n) is 7.55. The summed E-state index contributed by atoms with van der Waals surface area (Å²) in [5, 5.41) is 0.750. The Morgan fingerprint density at radius 2 is 2.07 bits per heavy atom. The molecule has 2 aromatic rings. The van der Waals surface area contributed by atoms with Gasteiger partial charge in [0.15, 0.2) is 0 Å². The Hall–Kier alpha value is -0.730. The van der Waals surface area contributed by atoms with Crippen molar-refractivity contribution in [2.24, 2.45) is 0 Å². The van der Waals surface area contributed by atoms with Crippen molar-refractivity contribution in [2.45, 2.75) is 6.92 Å². The quantitative estimate of drug-likeness (QED) is 0.734. The maximum atomic E-state index is 6.04. The molecule has 0 bridgehead atoms. The highest BCUT2D eigenvalue weighted by Gasteiger charge is 2.11. The van der Waals surface area contributed by atoms with Gasteiger partial charge in [0.1, 0.15) is 5.76 Å². The normalized spacial score (nSPS) is 10.5. The minimum atomic E-state index is 0.750. The predicted molar refractivity (Wildman–Crippen MR) is 61.6 cm³/mol. The smallest absolute Gasteiger partial charge is 0.135 e. The summed E-state index contributed by atoms with van der Waals surface area (Å²) < 4.78 is 6.34. The molecule has 0 aliphatic rings. The standard InChI is InChI=1S/C11H8BrClO/c1-7-9(13)5-4-8(12)11(7)10-3-2-6-14-10/h2-6H,1H3. The van der Waals surface area contributed by atoms with E-state index in [0.29, 0.717) is 0 Å². The van der Waals surface area contributed by atoms with E-state index in [0.717, 1.165) is 26.4 Å². The average molecular weight is 272 g/mol. The van der Waals surface area contributed by atoms with Gasteiger partial charge in [-0.3, -0.25) is 0 Å². The Bertz CT molecular complexity index is 449. The maximum Gasteiger partial charge on any atom is 0.135 e. The molecule has 0 N–H and O–H groups in total. The molecule has 0 fully saturated rings. The molecule has 0 aliphatic heterocycles.